The van der Waals surface area contributed by atoms with Crippen molar-refractivity contribution in [2.75, 3.05) is 6.54 Å². The third-order valence-electron chi connectivity index (χ3n) is 2.39. The molecule has 4 N–H and O–H groups in total. The summed E-state index contributed by atoms with van der Waals surface area (Å²) in [5.41, 5.74) is 5.75. The van der Waals surface area contributed by atoms with Crippen LogP contribution in [0.2, 0.25) is 0 Å². The van der Waals surface area contributed by atoms with E-state index in [-0.39, 0.29) is 11.9 Å². The van der Waals surface area contributed by atoms with Crippen LogP contribution in [-0.2, 0) is 4.79 Å². The van der Waals surface area contributed by atoms with E-state index in [9.17, 15) is 9.90 Å². The quantitative estimate of drug-likeness (QED) is 0.583. The van der Waals surface area contributed by atoms with Gasteiger partial charge in [0.05, 0.1) is 6.10 Å². The summed E-state index contributed by atoms with van der Waals surface area (Å²) in [4.78, 5) is 11.4. The number of aliphatic hydroxyl groups is 1. The summed E-state index contributed by atoms with van der Waals surface area (Å²) in [7, 11) is 0. The molecule has 0 aliphatic rings. The molecule has 0 saturated carbocycles. The van der Waals surface area contributed by atoms with Gasteiger partial charge in [0.25, 0.3) is 0 Å². The zero-order valence-electron chi connectivity index (χ0n) is 10.7. The van der Waals surface area contributed by atoms with Crippen LogP contribution in [0.25, 0.3) is 0 Å². The first-order valence-corrected chi connectivity index (χ1v) is 6.16. The molecule has 0 rings (SSSR count). The molecule has 0 aromatic heterocycles. The third-order valence-corrected chi connectivity index (χ3v) is 2.39. The fraction of sp³-hybridized carbons (Fsp3) is 0.917. The number of carbonyl (C=O) groups is 1. The number of aliphatic hydroxyl groups excluding tert-OH is 1. The number of rotatable bonds is 8. The molecule has 2 unspecified atom stereocenters. The summed E-state index contributed by atoms with van der Waals surface area (Å²) < 4.78 is 0. The predicted molar refractivity (Wildman–Crippen MR) is 66.0 cm³/mol. The highest BCUT2D eigenvalue weighted by molar-refractivity contribution is 5.76. The van der Waals surface area contributed by atoms with Crippen molar-refractivity contribution in [2.45, 2.75) is 58.6 Å². The second kappa shape index (κ2) is 8.53. The summed E-state index contributed by atoms with van der Waals surface area (Å²) in [6, 6.07) is -0.0627. The Balaban J connectivity index is 3.64. The molecule has 0 aliphatic carbocycles. The van der Waals surface area contributed by atoms with Gasteiger partial charge in [-0.2, -0.15) is 0 Å². The van der Waals surface area contributed by atoms with Crippen molar-refractivity contribution < 1.29 is 9.90 Å². The number of nitrogens with two attached hydrogens (primary N) is 1. The first-order chi connectivity index (χ1) is 7.45. The fourth-order valence-corrected chi connectivity index (χ4v) is 1.64. The minimum Gasteiger partial charge on any atom is -0.391 e. The van der Waals surface area contributed by atoms with Crippen LogP contribution in [-0.4, -0.2) is 29.7 Å². The van der Waals surface area contributed by atoms with Crippen LogP contribution in [0, 0.1) is 5.92 Å². The molecule has 0 bridgehead atoms. The molecule has 0 fully saturated rings. The molecule has 16 heavy (non-hydrogen) atoms. The van der Waals surface area contributed by atoms with Gasteiger partial charge < -0.3 is 16.2 Å². The highest BCUT2D eigenvalue weighted by atomic mass is 16.3. The van der Waals surface area contributed by atoms with Crippen molar-refractivity contribution in [3.8, 4) is 0 Å². The van der Waals surface area contributed by atoms with Gasteiger partial charge in [-0.1, -0.05) is 27.2 Å². The lowest BCUT2D eigenvalue weighted by Crippen LogP contribution is -2.36. The molecule has 0 spiro atoms. The van der Waals surface area contributed by atoms with E-state index in [1.165, 1.54) is 0 Å². The monoisotopic (exact) mass is 230 g/mol. The van der Waals surface area contributed by atoms with Crippen LogP contribution in [0.4, 0.5) is 0 Å². The highest BCUT2D eigenvalue weighted by Crippen LogP contribution is 2.03. The van der Waals surface area contributed by atoms with Crippen LogP contribution in [0.5, 0.6) is 0 Å². The Morgan fingerprint density at radius 1 is 1.44 bits per heavy atom. The largest absolute Gasteiger partial charge is 0.391 e. The zero-order valence-corrected chi connectivity index (χ0v) is 10.7. The van der Waals surface area contributed by atoms with E-state index in [0.29, 0.717) is 25.3 Å². The minimum atomic E-state index is -0.452. The maximum Gasteiger partial charge on any atom is 0.221 e. The van der Waals surface area contributed by atoms with Gasteiger partial charge >= 0.3 is 0 Å². The summed E-state index contributed by atoms with van der Waals surface area (Å²) in [5.74, 6) is 0.373. The Kier molecular flexibility index (Phi) is 8.21. The lowest BCUT2D eigenvalue weighted by molar-refractivity contribution is -0.121. The standard InChI is InChI=1S/C12H26N2O2/c1-4-5-10(13)7-12(16)14-8-11(15)6-9(2)3/h9-11,15H,4-8,13H2,1-3H3,(H,14,16). The minimum absolute atomic E-state index is 0.0627. The lowest BCUT2D eigenvalue weighted by Gasteiger charge is -2.15. The normalized spacial score (nSPS) is 14.9. The third kappa shape index (κ3) is 8.68. The average molecular weight is 230 g/mol. The number of nitrogens with one attached hydrogen (secondary N) is 1. The molecule has 0 aromatic carbocycles. The summed E-state index contributed by atoms with van der Waals surface area (Å²) in [6.45, 7) is 6.46. The topological polar surface area (TPSA) is 75.4 Å². The first kappa shape index (κ1) is 15.4. The molecular formula is C12H26N2O2. The van der Waals surface area contributed by atoms with E-state index in [2.05, 4.69) is 5.32 Å². The Hall–Kier alpha value is -0.610. The van der Waals surface area contributed by atoms with Gasteiger partial charge in [0, 0.05) is 19.0 Å². The van der Waals surface area contributed by atoms with Gasteiger partial charge in [-0.3, -0.25) is 4.79 Å². The van der Waals surface area contributed by atoms with Crippen molar-refractivity contribution in [1.29, 1.82) is 0 Å². The van der Waals surface area contributed by atoms with Gasteiger partial charge in [-0.05, 0) is 18.8 Å². The van der Waals surface area contributed by atoms with E-state index in [4.69, 9.17) is 5.73 Å². The van der Waals surface area contributed by atoms with Gasteiger partial charge in [0.2, 0.25) is 5.91 Å². The van der Waals surface area contributed by atoms with Gasteiger partial charge in [-0.25, -0.2) is 0 Å². The van der Waals surface area contributed by atoms with Crippen LogP contribution >= 0.6 is 0 Å². The second-order valence-electron chi connectivity index (χ2n) is 4.84. The van der Waals surface area contributed by atoms with E-state index in [1.807, 2.05) is 20.8 Å². The summed E-state index contributed by atoms with van der Waals surface area (Å²) in [5, 5.41) is 12.3. The van der Waals surface area contributed by atoms with E-state index < -0.39 is 6.10 Å². The maximum atomic E-state index is 11.4. The number of hydrogen-bond donors (Lipinski definition) is 3. The Morgan fingerprint density at radius 2 is 2.06 bits per heavy atom. The fourth-order valence-electron chi connectivity index (χ4n) is 1.64. The van der Waals surface area contributed by atoms with Gasteiger partial charge in [0.1, 0.15) is 0 Å². The molecule has 0 heterocycles. The Bertz CT molecular complexity index is 195. The van der Waals surface area contributed by atoms with Crippen molar-refractivity contribution in [2.24, 2.45) is 11.7 Å². The van der Waals surface area contributed by atoms with Crippen LogP contribution < -0.4 is 11.1 Å². The average Bonchev–Trinajstić information content (AvgIpc) is 2.14. The molecule has 0 aliphatic heterocycles. The summed E-state index contributed by atoms with van der Waals surface area (Å²) in [6.07, 6.45) is 2.46. The molecule has 4 heteroatoms. The molecule has 4 nitrogen and oxygen atoms in total. The SMILES string of the molecule is CCCC(N)CC(=O)NCC(O)CC(C)C. The number of amides is 1. The van der Waals surface area contributed by atoms with E-state index >= 15 is 0 Å². The van der Waals surface area contributed by atoms with Crippen molar-refractivity contribution in [3.05, 3.63) is 0 Å². The van der Waals surface area contributed by atoms with Crippen LogP contribution in [0.3, 0.4) is 0 Å². The molecule has 0 aromatic rings. The Labute approximate surface area is 98.6 Å². The molecule has 0 saturated heterocycles. The smallest absolute Gasteiger partial charge is 0.221 e. The van der Waals surface area contributed by atoms with Crippen molar-refractivity contribution in [1.82, 2.24) is 5.32 Å². The molecule has 0 radical (unpaired) electrons. The summed E-state index contributed by atoms with van der Waals surface area (Å²) >= 11 is 0. The first-order valence-electron chi connectivity index (χ1n) is 6.16. The van der Waals surface area contributed by atoms with E-state index in [1.54, 1.807) is 0 Å². The molecule has 2 atom stereocenters. The van der Waals surface area contributed by atoms with Crippen molar-refractivity contribution in [3.63, 3.8) is 0 Å². The molecule has 1 amide bonds. The van der Waals surface area contributed by atoms with Crippen molar-refractivity contribution >= 4 is 5.91 Å². The van der Waals surface area contributed by atoms with Crippen LogP contribution in [0.15, 0.2) is 0 Å². The van der Waals surface area contributed by atoms with E-state index in [0.717, 1.165) is 12.8 Å². The zero-order chi connectivity index (χ0) is 12.6. The highest BCUT2D eigenvalue weighted by Gasteiger charge is 2.11. The lowest BCUT2D eigenvalue weighted by atomic mass is 10.1. The second-order valence-corrected chi connectivity index (χ2v) is 4.84. The number of hydrogen-bond acceptors (Lipinski definition) is 3. The van der Waals surface area contributed by atoms with Gasteiger partial charge in [0.15, 0.2) is 0 Å². The maximum absolute atomic E-state index is 11.4. The van der Waals surface area contributed by atoms with Crippen LogP contribution in [0.1, 0.15) is 46.5 Å². The number of carbonyl (C=O) groups excluding carboxylic acids is 1. The molecule has 96 valence electrons. The molecular weight excluding hydrogens is 204 g/mol. The Morgan fingerprint density at radius 3 is 2.56 bits per heavy atom. The predicted octanol–water partition coefficient (Wildman–Crippen LogP) is 1.03. The van der Waals surface area contributed by atoms with Gasteiger partial charge in [-0.15, -0.1) is 0 Å².